The lowest BCUT2D eigenvalue weighted by molar-refractivity contribution is -0.139. The third kappa shape index (κ3) is 4.36. The van der Waals surface area contributed by atoms with Gasteiger partial charge in [-0.15, -0.1) is 0 Å². The molecule has 8 nitrogen and oxygen atoms in total. The lowest BCUT2D eigenvalue weighted by Crippen LogP contribution is -2.54. The summed E-state index contributed by atoms with van der Waals surface area (Å²) in [7, 11) is -3.65. The summed E-state index contributed by atoms with van der Waals surface area (Å²) >= 11 is 0. The Hall–Kier alpha value is -1.45. The van der Waals surface area contributed by atoms with E-state index in [9.17, 15) is 13.2 Å². The number of sulfonamides is 1. The van der Waals surface area contributed by atoms with Gasteiger partial charge in [-0.3, -0.25) is 9.69 Å². The molecule has 2 heterocycles. The summed E-state index contributed by atoms with van der Waals surface area (Å²) in [4.78, 5) is 17.6. The second kappa shape index (κ2) is 8.35. The van der Waals surface area contributed by atoms with Gasteiger partial charge in [-0.05, 0) is 52.4 Å². The highest BCUT2D eigenvalue weighted by atomic mass is 32.2. The van der Waals surface area contributed by atoms with E-state index in [1.807, 2.05) is 4.90 Å². The van der Waals surface area contributed by atoms with Crippen LogP contribution in [0.4, 0.5) is 0 Å². The van der Waals surface area contributed by atoms with E-state index in [2.05, 4.69) is 14.8 Å². The quantitative estimate of drug-likeness (QED) is 0.775. The monoisotopic (exact) mass is 424 g/mol. The van der Waals surface area contributed by atoms with E-state index in [1.165, 1.54) is 19.3 Å². The molecule has 3 aliphatic rings. The second-order valence-electron chi connectivity index (χ2n) is 8.77. The second-order valence-corrected chi connectivity index (χ2v) is 10.4. The molecule has 0 unspecified atom stereocenters. The standard InChI is InChI=1S/C20H32N4O4S/c1-14-19(15(2)28-21-14)29(26,27)22-17-8-6-16(7-9-17)20(25)24-12-10-23(11-13-24)18-4-3-5-18/h16-18,22H,3-13H2,1-2H3/t16-,17-. The van der Waals surface area contributed by atoms with Crippen LogP contribution in [0.25, 0.3) is 0 Å². The van der Waals surface area contributed by atoms with Gasteiger partial charge in [0, 0.05) is 44.2 Å². The van der Waals surface area contributed by atoms with Gasteiger partial charge in [0.25, 0.3) is 0 Å². The van der Waals surface area contributed by atoms with Crippen LogP contribution in [0, 0.1) is 19.8 Å². The highest BCUT2D eigenvalue weighted by Crippen LogP contribution is 2.30. The van der Waals surface area contributed by atoms with Crippen LogP contribution in [-0.2, 0) is 14.8 Å². The van der Waals surface area contributed by atoms with Crippen LogP contribution in [0.5, 0.6) is 0 Å². The van der Waals surface area contributed by atoms with E-state index in [1.54, 1.807) is 13.8 Å². The van der Waals surface area contributed by atoms with Gasteiger partial charge in [-0.2, -0.15) is 0 Å². The van der Waals surface area contributed by atoms with Crippen molar-refractivity contribution in [2.45, 2.75) is 75.8 Å². The first-order valence-electron chi connectivity index (χ1n) is 10.8. The number of carbonyl (C=O) groups is 1. The normalized spacial score (nSPS) is 27.0. The van der Waals surface area contributed by atoms with Crippen LogP contribution in [0.2, 0.25) is 0 Å². The zero-order valence-corrected chi connectivity index (χ0v) is 18.2. The summed E-state index contributed by atoms with van der Waals surface area (Å²) in [6, 6.07) is 0.599. The zero-order chi connectivity index (χ0) is 20.6. The Kier molecular flexibility index (Phi) is 5.99. The number of piperazine rings is 1. The van der Waals surface area contributed by atoms with Crippen LogP contribution >= 0.6 is 0 Å². The number of hydrogen-bond acceptors (Lipinski definition) is 6. The molecular weight excluding hydrogens is 392 g/mol. The Morgan fingerprint density at radius 1 is 1.03 bits per heavy atom. The Bertz CT molecular complexity index is 813. The Morgan fingerprint density at radius 3 is 2.21 bits per heavy atom. The molecule has 29 heavy (non-hydrogen) atoms. The minimum absolute atomic E-state index is 0.0186. The summed E-state index contributed by atoms with van der Waals surface area (Å²) in [5, 5.41) is 3.74. The maximum Gasteiger partial charge on any atom is 0.246 e. The first-order chi connectivity index (χ1) is 13.8. The van der Waals surface area contributed by atoms with Crippen molar-refractivity contribution in [3.05, 3.63) is 11.5 Å². The minimum Gasteiger partial charge on any atom is -0.360 e. The van der Waals surface area contributed by atoms with E-state index in [0.717, 1.165) is 45.1 Å². The fourth-order valence-corrected chi connectivity index (χ4v) is 6.55. The van der Waals surface area contributed by atoms with E-state index in [4.69, 9.17) is 4.52 Å². The van der Waals surface area contributed by atoms with Gasteiger partial charge in [0.05, 0.1) is 0 Å². The fraction of sp³-hybridized carbons (Fsp3) is 0.800. The van der Waals surface area contributed by atoms with Crippen molar-refractivity contribution in [1.29, 1.82) is 0 Å². The molecule has 1 aliphatic heterocycles. The van der Waals surface area contributed by atoms with Gasteiger partial charge >= 0.3 is 0 Å². The maximum atomic E-state index is 12.9. The number of aryl methyl sites for hydroxylation is 2. The summed E-state index contributed by atoms with van der Waals surface area (Å²) in [5.41, 5.74) is 0.375. The predicted molar refractivity (Wildman–Crippen MR) is 108 cm³/mol. The molecule has 162 valence electrons. The fourth-order valence-electron chi connectivity index (χ4n) is 4.91. The van der Waals surface area contributed by atoms with Gasteiger partial charge in [0.15, 0.2) is 5.76 Å². The molecule has 1 N–H and O–H groups in total. The number of aromatic nitrogens is 1. The topological polar surface area (TPSA) is 95.8 Å². The van der Waals surface area contributed by atoms with Crippen molar-refractivity contribution in [2.75, 3.05) is 26.2 Å². The van der Waals surface area contributed by atoms with Crippen LogP contribution in [0.1, 0.15) is 56.4 Å². The first kappa shape index (κ1) is 20.8. The van der Waals surface area contributed by atoms with E-state index in [0.29, 0.717) is 24.3 Å². The average Bonchev–Trinajstić information content (AvgIpc) is 3.00. The number of nitrogens with one attached hydrogen (secondary N) is 1. The number of rotatable bonds is 5. The van der Waals surface area contributed by atoms with Gasteiger partial charge in [-0.25, -0.2) is 13.1 Å². The maximum absolute atomic E-state index is 12.9. The van der Waals surface area contributed by atoms with Crippen LogP contribution in [-0.4, -0.2) is 67.5 Å². The molecule has 0 spiro atoms. The van der Waals surface area contributed by atoms with E-state index in [-0.39, 0.29) is 22.8 Å². The van der Waals surface area contributed by atoms with Crippen LogP contribution in [0.15, 0.2) is 9.42 Å². The van der Waals surface area contributed by atoms with Gasteiger partial charge in [0.1, 0.15) is 10.6 Å². The molecule has 2 aliphatic carbocycles. The van der Waals surface area contributed by atoms with E-state index >= 15 is 0 Å². The highest BCUT2D eigenvalue weighted by Gasteiger charge is 2.35. The number of hydrogen-bond donors (Lipinski definition) is 1. The largest absolute Gasteiger partial charge is 0.360 e. The molecule has 4 rings (SSSR count). The van der Waals surface area contributed by atoms with Crippen molar-refractivity contribution in [2.24, 2.45) is 5.92 Å². The number of nitrogens with zero attached hydrogens (tertiary/aromatic N) is 3. The highest BCUT2D eigenvalue weighted by molar-refractivity contribution is 7.89. The van der Waals surface area contributed by atoms with Crippen molar-refractivity contribution < 1.29 is 17.7 Å². The van der Waals surface area contributed by atoms with Crippen molar-refractivity contribution in [3.8, 4) is 0 Å². The Balaban J connectivity index is 1.26. The van der Waals surface area contributed by atoms with E-state index < -0.39 is 10.0 Å². The Labute approximate surface area is 173 Å². The van der Waals surface area contributed by atoms with Gasteiger partial charge in [-0.1, -0.05) is 11.6 Å². The average molecular weight is 425 g/mol. The smallest absolute Gasteiger partial charge is 0.246 e. The number of amides is 1. The first-order valence-corrected chi connectivity index (χ1v) is 12.3. The zero-order valence-electron chi connectivity index (χ0n) is 17.4. The van der Waals surface area contributed by atoms with Crippen LogP contribution < -0.4 is 4.72 Å². The molecule has 0 bridgehead atoms. The third-order valence-electron chi connectivity index (χ3n) is 6.85. The van der Waals surface area contributed by atoms with Crippen molar-refractivity contribution in [3.63, 3.8) is 0 Å². The number of carbonyl (C=O) groups excluding carboxylic acids is 1. The molecule has 1 amide bonds. The summed E-state index contributed by atoms with van der Waals surface area (Å²) in [6.07, 6.45) is 6.78. The lowest BCUT2D eigenvalue weighted by Gasteiger charge is -2.44. The van der Waals surface area contributed by atoms with Crippen molar-refractivity contribution in [1.82, 2.24) is 19.7 Å². The molecule has 0 aromatic carbocycles. The molecular formula is C20H32N4O4S. The molecule has 0 atom stereocenters. The predicted octanol–water partition coefficient (Wildman–Crippen LogP) is 1.83. The molecule has 9 heteroatoms. The van der Waals surface area contributed by atoms with Crippen LogP contribution in [0.3, 0.4) is 0 Å². The molecule has 3 fully saturated rings. The van der Waals surface area contributed by atoms with Crippen molar-refractivity contribution >= 4 is 15.9 Å². The SMILES string of the molecule is Cc1noc(C)c1S(=O)(=O)N[C@H]1CC[C@H](C(=O)N2CCN(C3CCC3)CC2)CC1. The third-order valence-corrected chi connectivity index (χ3v) is 8.62. The molecule has 1 saturated heterocycles. The summed E-state index contributed by atoms with van der Waals surface area (Å²) in [5.74, 6) is 0.579. The molecule has 1 aromatic rings. The molecule has 2 saturated carbocycles. The molecule has 1 aromatic heterocycles. The van der Waals surface area contributed by atoms with Gasteiger partial charge in [0.2, 0.25) is 15.9 Å². The van der Waals surface area contributed by atoms with Gasteiger partial charge < -0.3 is 9.42 Å². The minimum atomic E-state index is -3.65. The lowest BCUT2D eigenvalue weighted by atomic mass is 9.85. The summed E-state index contributed by atoms with van der Waals surface area (Å²) in [6.45, 7) is 6.87. The summed E-state index contributed by atoms with van der Waals surface area (Å²) < 4.78 is 33.2. The molecule has 0 radical (unpaired) electrons. The Morgan fingerprint density at radius 2 is 1.69 bits per heavy atom.